The fourth-order valence-electron chi connectivity index (χ4n) is 2.44. The van der Waals surface area contributed by atoms with E-state index in [1.165, 1.54) is 6.07 Å². The molecule has 2 aromatic carbocycles. The van der Waals surface area contributed by atoms with Gasteiger partial charge in [-0.05, 0) is 12.1 Å². The van der Waals surface area contributed by atoms with E-state index in [2.05, 4.69) is 15.5 Å². The van der Waals surface area contributed by atoms with Crippen molar-refractivity contribution < 1.29 is 9.18 Å². The van der Waals surface area contributed by atoms with E-state index in [9.17, 15) is 9.18 Å². The summed E-state index contributed by atoms with van der Waals surface area (Å²) in [6, 6.07) is 13.2. The van der Waals surface area contributed by atoms with Gasteiger partial charge in [-0.2, -0.15) is 5.10 Å². The van der Waals surface area contributed by atoms with E-state index < -0.39 is 6.04 Å². The van der Waals surface area contributed by atoms with Gasteiger partial charge in [0.2, 0.25) is 5.91 Å². The monoisotopic (exact) mass is 312 g/mol. The molecule has 0 aliphatic carbocycles. The van der Waals surface area contributed by atoms with E-state index in [-0.39, 0.29) is 18.3 Å². The summed E-state index contributed by atoms with van der Waals surface area (Å²) in [5.74, 6) is -0.673. The lowest BCUT2D eigenvalue weighted by Gasteiger charge is -2.12. The first-order valence-electron chi connectivity index (χ1n) is 7.34. The molecule has 0 fully saturated rings. The van der Waals surface area contributed by atoms with Crippen LogP contribution in [0.2, 0.25) is 0 Å². The lowest BCUT2D eigenvalue weighted by molar-refractivity contribution is -0.122. The lowest BCUT2D eigenvalue weighted by Crippen LogP contribution is -2.41. The molecule has 0 bridgehead atoms. The Balaban J connectivity index is 1.63. The number of carbonyl (C=O) groups is 1. The van der Waals surface area contributed by atoms with Crippen LogP contribution in [-0.4, -0.2) is 22.1 Å². The molecule has 0 aliphatic rings. The number of amides is 1. The zero-order chi connectivity index (χ0) is 16.2. The molecule has 6 heteroatoms. The maximum Gasteiger partial charge on any atom is 0.237 e. The van der Waals surface area contributed by atoms with Crippen LogP contribution in [-0.2, 0) is 17.8 Å². The van der Waals surface area contributed by atoms with E-state index in [0.717, 1.165) is 16.6 Å². The molecule has 0 spiro atoms. The van der Waals surface area contributed by atoms with Crippen molar-refractivity contribution in [1.29, 1.82) is 0 Å². The van der Waals surface area contributed by atoms with Crippen LogP contribution >= 0.6 is 0 Å². The summed E-state index contributed by atoms with van der Waals surface area (Å²) in [4.78, 5) is 12.1. The summed E-state index contributed by atoms with van der Waals surface area (Å²) in [6.07, 6.45) is 0.337. The zero-order valence-electron chi connectivity index (χ0n) is 12.4. The molecule has 3 aromatic rings. The average Bonchev–Trinajstić information content (AvgIpc) is 2.97. The summed E-state index contributed by atoms with van der Waals surface area (Å²) in [5.41, 5.74) is 8.03. The second kappa shape index (κ2) is 6.58. The highest BCUT2D eigenvalue weighted by molar-refractivity contribution is 5.84. The van der Waals surface area contributed by atoms with Gasteiger partial charge in [-0.15, -0.1) is 0 Å². The second-order valence-electron chi connectivity index (χ2n) is 5.34. The quantitative estimate of drug-likeness (QED) is 0.672. The first-order chi connectivity index (χ1) is 11.1. The third-order valence-electron chi connectivity index (χ3n) is 3.71. The minimum Gasteiger partial charge on any atom is -0.351 e. The first-order valence-corrected chi connectivity index (χ1v) is 7.34. The molecule has 1 aromatic heterocycles. The Kier molecular flexibility index (Phi) is 4.34. The number of hydrogen-bond donors (Lipinski definition) is 3. The molecule has 0 saturated heterocycles. The van der Waals surface area contributed by atoms with Gasteiger partial charge in [-0.3, -0.25) is 9.89 Å². The molecule has 1 heterocycles. The Morgan fingerprint density at radius 2 is 1.96 bits per heavy atom. The minimum absolute atomic E-state index is 0.114. The summed E-state index contributed by atoms with van der Waals surface area (Å²) in [6.45, 7) is 0.114. The van der Waals surface area contributed by atoms with Crippen molar-refractivity contribution in [1.82, 2.24) is 15.5 Å². The van der Waals surface area contributed by atoms with Gasteiger partial charge in [-0.1, -0.05) is 36.4 Å². The van der Waals surface area contributed by atoms with E-state index in [4.69, 9.17) is 5.73 Å². The van der Waals surface area contributed by atoms with Crippen LogP contribution < -0.4 is 11.1 Å². The number of benzene rings is 2. The molecule has 3 rings (SSSR count). The van der Waals surface area contributed by atoms with Gasteiger partial charge in [0.15, 0.2) is 0 Å². The number of aromatic nitrogens is 2. The van der Waals surface area contributed by atoms with Crippen molar-refractivity contribution in [2.75, 3.05) is 0 Å². The van der Waals surface area contributed by atoms with Gasteiger partial charge in [0.05, 0.1) is 11.6 Å². The highest BCUT2D eigenvalue weighted by Gasteiger charge is 2.17. The highest BCUT2D eigenvalue weighted by Crippen LogP contribution is 2.16. The Morgan fingerprint density at radius 1 is 1.22 bits per heavy atom. The summed E-state index contributed by atoms with van der Waals surface area (Å²) in [7, 11) is 0. The van der Waals surface area contributed by atoms with Crippen LogP contribution in [0.3, 0.4) is 0 Å². The topological polar surface area (TPSA) is 83.8 Å². The molecular weight excluding hydrogens is 295 g/mol. The molecular formula is C17H17FN4O. The average molecular weight is 312 g/mol. The molecule has 118 valence electrons. The molecule has 0 radical (unpaired) electrons. The number of H-pyrrole nitrogens is 1. The van der Waals surface area contributed by atoms with Crippen molar-refractivity contribution in [3.8, 4) is 0 Å². The van der Waals surface area contributed by atoms with Crippen LogP contribution in [0.4, 0.5) is 4.39 Å². The van der Waals surface area contributed by atoms with E-state index in [0.29, 0.717) is 12.0 Å². The number of fused-ring (bicyclic) bond motifs is 1. The first kappa shape index (κ1) is 15.2. The van der Waals surface area contributed by atoms with Crippen molar-refractivity contribution in [3.63, 3.8) is 0 Å². The van der Waals surface area contributed by atoms with Gasteiger partial charge in [0.25, 0.3) is 0 Å². The number of nitrogens with zero attached hydrogens (tertiary/aromatic N) is 1. The Bertz CT molecular complexity index is 830. The van der Waals surface area contributed by atoms with Gasteiger partial charge >= 0.3 is 0 Å². The fraction of sp³-hybridized carbons (Fsp3) is 0.176. The number of aromatic amines is 1. The summed E-state index contributed by atoms with van der Waals surface area (Å²) in [5, 5.41) is 10.7. The maximum absolute atomic E-state index is 13.5. The fourth-order valence-corrected chi connectivity index (χ4v) is 2.44. The molecule has 0 aliphatic heterocycles. The third kappa shape index (κ3) is 3.37. The van der Waals surface area contributed by atoms with Gasteiger partial charge in [0, 0.05) is 29.6 Å². The maximum atomic E-state index is 13.5. The predicted octanol–water partition coefficient (Wildman–Crippen LogP) is 1.89. The van der Waals surface area contributed by atoms with E-state index in [1.807, 2.05) is 24.3 Å². The van der Waals surface area contributed by atoms with Crippen molar-refractivity contribution >= 4 is 16.8 Å². The van der Waals surface area contributed by atoms with Gasteiger partial charge in [0.1, 0.15) is 5.82 Å². The smallest absolute Gasteiger partial charge is 0.237 e. The number of hydrogen-bond acceptors (Lipinski definition) is 3. The number of rotatable bonds is 5. The van der Waals surface area contributed by atoms with Gasteiger partial charge in [-0.25, -0.2) is 4.39 Å². The molecule has 23 heavy (non-hydrogen) atoms. The summed E-state index contributed by atoms with van der Waals surface area (Å²) < 4.78 is 13.5. The number of nitrogens with two attached hydrogens (primary N) is 1. The van der Waals surface area contributed by atoms with Crippen molar-refractivity contribution in [3.05, 3.63) is 65.6 Å². The van der Waals surface area contributed by atoms with Crippen LogP contribution in [0.1, 0.15) is 11.3 Å². The molecule has 4 N–H and O–H groups in total. The highest BCUT2D eigenvalue weighted by atomic mass is 19.1. The second-order valence-corrected chi connectivity index (χ2v) is 5.34. The van der Waals surface area contributed by atoms with E-state index >= 15 is 0 Å². The van der Waals surface area contributed by atoms with Crippen molar-refractivity contribution in [2.24, 2.45) is 5.73 Å². The van der Waals surface area contributed by atoms with Crippen LogP contribution in [0.25, 0.3) is 10.9 Å². The molecule has 1 amide bonds. The summed E-state index contributed by atoms with van der Waals surface area (Å²) >= 11 is 0. The third-order valence-corrected chi connectivity index (χ3v) is 3.71. The lowest BCUT2D eigenvalue weighted by atomic mass is 10.1. The SMILES string of the molecule is NC(Cc1[nH]nc2ccccc12)C(=O)NCc1ccccc1F. The number of carbonyl (C=O) groups excluding carboxylic acids is 1. The molecule has 5 nitrogen and oxygen atoms in total. The van der Waals surface area contributed by atoms with Crippen LogP contribution in [0, 0.1) is 5.82 Å². The predicted molar refractivity (Wildman–Crippen MR) is 86.0 cm³/mol. The molecule has 1 unspecified atom stereocenters. The molecule has 1 atom stereocenters. The number of halogens is 1. The van der Waals surface area contributed by atoms with Gasteiger partial charge < -0.3 is 11.1 Å². The minimum atomic E-state index is -0.731. The zero-order valence-corrected chi connectivity index (χ0v) is 12.4. The van der Waals surface area contributed by atoms with E-state index in [1.54, 1.807) is 18.2 Å². The number of nitrogens with one attached hydrogen (secondary N) is 2. The van der Waals surface area contributed by atoms with Crippen LogP contribution in [0.5, 0.6) is 0 Å². The molecule has 0 saturated carbocycles. The normalized spacial score (nSPS) is 12.3. The Labute approximate surface area is 132 Å². The van der Waals surface area contributed by atoms with Crippen molar-refractivity contribution in [2.45, 2.75) is 19.0 Å². The number of para-hydroxylation sites is 1. The largest absolute Gasteiger partial charge is 0.351 e. The Hall–Kier alpha value is -2.73. The van der Waals surface area contributed by atoms with Crippen LogP contribution in [0.15, 0.2) is 48.5 Å². The Morgan fingerprint density at radius 3 is 2.78 bits per heavy atom. The standard InChI is InChI=1S/C17H17FN4O/c18-13-7-3-1-5-11(13)10-20-17(23)14(19)9-16-12-6-2-4-8-15(12)21-22-16/h1-8,14H,9-10,19H2,(H,20,23)(H,21,22).